The molecule has 0 aliphatic rings. The van der Waals surface area contributed by atoms with Gasteiger partial charge in [-0.2, -0.15) is 0 Å². The van der Waals surface area contributed by atoms with Crippen molar-refractivity contribution in [2.24, 2.45) is 5.73 Å². The Hall–Kier alpha value is -1.42. The smallest absolute Gasteiger partial charge is 0.214 e. The van der Waals surface area contributed by atoms with Crippen molar-refractivity contribution < 1.29 is 14.3 Å². The minimum absolute atomic E-state index is 0.333. The van der Waals surface area contributed by atoms with Gasteiger partial charge in [0.05, 0.1) is 19.2 Å². The SMILES string of the molecule is CC(N)=O.COc1cc(OC)c(Cl)cc1C. The number of amides is 1. The first-order chi connectivity index (χ1) is 7.42. The normalized spacial score (nSPS) is 8.81. The zero-order valence-corrected chi connectivity index (χ0v) is 10.6. The molecule has 2 N–H and O–H groups in total. The van der Waals surface area contributed by atoms with E-state index < -0.39 is 0 Å². The summed E-state index contributed by atoms with van der Waals surface area (Å²) in [6, 6.07) is 3.59. The first kappa shape index (κ1) is 14.6. The third kappa shape index (κ3) is 4.89. The number of rotatable bonds is 2. The molecule has 1 aromatic rings. The third-order valence-corrected chi connectivity index (χ3v) is 1.96. The fraction of sp³-hybridized carbons (Fsp3) is 0.364. The molecule has 4 nitrogen and oxygen atoms in total. The van der Waals surface area contributed by atoms with E-state index in [1.807, 2.05) is 13.0 Å². The van der Waals surface area contributed by atoms with E-state index in [-0.39, 0.29) is 5.91 Å². The van der Waals surface area contributed by atoms with Crippen LogP contribution in [0.4, 0.5) is 0 Å². The molecule has 0 aliphatic heterocycles. The molecule has 0 bridgehead atoms. The molecule has 1 rings (SSSR count). The van der Waals surface area contributed by atoms with Gasteiger partial charge in [0.25, 0.3) is 0 Å². The summed E-state index contributed by atoms with van der Waals surface area (Å²) in [6.07, 6.45) is 0. The summed E-state index contributed by atoms with van der Waals surface area (Å²) in [5.74, 6) is 1.09. The number of benzene rings is 1. The highest BCUT2D eigenvalue weighted by atomic mass is 35.5. The van der Waals surface area contributed by atoms with Crippen LogP contribution in [-0.4, -0.2) is 20.1 Å². The summed E-state index contributed by atoms with van der Waals surface area (Å²) in [6.45, 7) is 3.24. The predicted octanol–water partition coefficient (Wildman–Crippen LogP) is 2.16. The molecule has 0 radical (unpaired) electrons. The lowest BCUT2D eigenvalue weighted by Crippen LogP contribution is -2.01. The second-order valence-electron chi connectivity index (χ2n) is 3.07. The second kappa shape index (κ2) is 6.95. The summed E-state index contributed by atoms with van der Waals surface area (Å²) in [5.41, 5.74) is 5.48. The quantitative estimate of drug-likeness (QED) is 0.869. The fourth-order valence-corrected chi connectivity index (χ4v) is 1.31. The molecular formula is C11H16ClNO3. The zero-order valence-electron chi connectivity index (χ0n) is 9.83. The van der Waals surface area contributed by atoms with Crippen LogP contribution in [0.1, 0.15) is 12.5 Å². The number of nitrogens with two attached hydrogens (primary N) is 1. The molecule has 90 valence electrons. The molecule has 0 saturated carbocycles. The Labute approximate surface area is 100 Å². The van der Waals surface area contributed by atoms with Crippen LogP contribution in [0.25, 0.3) is 0 Å². The van der Waals surface area contributed by atoms with Gasteiger partial charge in [-0.1, -0.05) is 11.6 Å². The maximum Gasteiger partial charge on any atom is 0.214 e. The average molecular weight is 246 g/mol. The van der Waals surface area contributed by atoms with Crippen LogP contribution in [0.15, 0.2) is 12.1 Å². The Morgan fingerprint density at radius 2 is 1.69 bits per heavy atom. The van der Waals surface area contributed by atoms with E-state index in [0.717, 1.165) is 11.3 Å². The Morgan fingerprint density at radius 1 is 1.25 bits per heavy atom. The first-order valence-electron chi connectivity index (χ1n) is 4.56. The summed E-state index contributed by atoms with van der Waals surface area (Å²) in [5, 5.41) is 0.607. The van der Waals surface area contributed by atoms with Gasteiger partial charge in [-0.3, -0.25) is 4.79 Å². The number of halogens is 1. The molecule has 0 aliphatic carbocycles. The lowest BCUT2D eigenvalue weighted by atomic mass is 10.2. The summed E-state index contributed by atoms with van der Waals surface area (Å²) in [4.78, 5) is 9.22. The van der Waals surface area contributed by atoms with Crippen LogP contribution in [-0.2, 0) is 4.79 Å². The van der Waals surface area contributed by atoms with E-state index in [2.05, 4.69) is 5.73 Å². The highest BCUT2D eigenvalue weighted by Crippen LogP contribution is 2.31. The van der Waals surface area contributed by atoms with Crippen molar-refractivity contribution in [2.75, 3.05) is 14.2 Å². The largest absolute Gasteiger partial charge is 0.496 e. The minimum Gasteiger partial charge on any atom is -0.496 e. The number of methoxy groups -OCH3 is 2. The summed E-state index contributed by atoms with van der Waals surface area (Å²) < 4.78 is 10.1. The molecular weight excluding hydrogens is 230 g/mol. The monoisotopic (exact) mass is 245 g/mol. The van der Waals surface area contributed by atoms with E-state index in [0.29, 0.717) is 10.8 Å². The maximum absolute atomic E-state index is 9.22. The van der Waals surface area contributed by atoms with Crippen LogP contribution in [0.2, 0.25) is 5.02 Å². The minimum atomic E-state index is -0.333. The van der Waals surface area contributed by atoms with E-state index in [1.165, 1.54) is 6.92 Å². The van der Waals surface area contributed by atoms with Crippen LogP contribution in [0.5, 0.6) is 11.5 Å². The second-order valence-corrected chi connectivity index (χ2v) is 3.47. The van der Waals surface area contributed by atoms with Crippen LogP contribution < -0.4 is 15.2 Å². The molecule has 0 atom stereocenters. The van der Waals surface area contributed by atoms with Crippen molar-refractivity contribution in [3.63, 3.8) is 0 Å². The number of ether oxygens (including phenoxy) is 2. The fourth-order valence-electron chi connectivity index (χ4n) is 1.01. The van der Waals surface area contributed by atoms with Gasteiger partial charge in [0.15, 0.2) is 0 Å². The van der Waals surface area contributed by atoms with Gasteiger partial charge in [0, 0.05) is 13.0 Å². The molecule has 5 heteroatoms. The number of carbonyl (C=O) groups is 1. The van der Waals surface area contributed by atoms with E-state index in [9.17, 15) is 4.79 Å². The van der Waals surface area contributed by atoms with Crippen molar-refractivity contribution in [1.82, 2.24) is 0 Å². The van der Waals surface area contributed by atoms with Gasteiger partial charge in [0.2, 0.25) is 5.91 Å². The van der Waals surface area contributed by atoms with Gasteiger partial charge in [-0.05, 0) is 18.6 Å². The van der Waals surface area contributed by atoms with Crippen LogP contribution in [0.3, 0.4) is 0 Å². The average Bonchev–Trinajstić information content (AvgIpc) is 2.17. The van der Waals surface area contributed by atoms with Gasteiger partial charge in [0.1, 0.15) is 11.5 Å². The number of aryl methyl sites for hydroxylation is 1. The molecule has 1 aromatic carbocycles. The van der Waals surface area contributed by atoms with Crippen molar-refractivity contribution >= 4 is 17.5 Å². The van der Waals surface area contributed by atoms with E-state index in [1.54, 1.807) is 20.3 Å². The molecule has 0 saturated heterocycles. The van der Waals surface area contributed by atoms with Crippen LogP contribution in [0, 0.1) is 6.92 Å². The zero-order chi connectivity index (χ0) is 12.7. The Balaban J connectivity index is 0.000000487. The number of carbonyl (C=O) groups excluding carboxylic acids is 1. The van der Waals surface area contributed by atoms with Gasteiger partial charge in [-0.15, -0.1) is 0 Å². The lowest BCUT2D eigenvalue weighted by Gasteiger charge is -2.08. The highest BCUT2D eigenvalue weighted by molar-refractivity contribution is 6.32. The maximum atomic E-state index is 9.22. The van der Waals surface area contributed by atoms with E-state index in [4.69, 9.17) is 21.1 Å². The van der Waals surface area contributed by atoms with E-state index >= 15 is 0 Å². The first-order valence-corrected chi connectivity index (χ1v) is 4.94. The topological polar surface area (TPSA) is 61.6 Å². The molecule has 0 unspecified atom stereocenters. The standard InChI is InChI=1S/C9H11ClO2.C2H5NO/c1-6-4-7(10)9(12-3)5-8(6)11-2;1-2(3)4/h4-5H,1-3H3;1H3,(H2,3,4). The molecule has 16 heavy (non-hydrogen) atoms. The molecule has 0 fully saturated rings. The van der Waals surface area contributed by atoms with Gasteiger partial charge >= 0.3 is 0 Å². The lowest BCUT2D eigenvalue weighted by molar-refractivity contribution is -0.115. The summed E-state index contributed by atoms with van der Waals surface area (Å²) in [7, 11) is 3.20. The third-order valence-electron chi connectivity index (χ3n) is 1.67. The predicted molar refractivity (Wildman–Crippen MR) is 64.2 cm³/mol. The van der Waals surface area contributed by atoms with Crippen molar-refractivity contribution in [3.05, 3.63) is 22.7 Å². The molecule has 0 heterocycles. The van der Waals surface area contributed by atoms with Crippen molar-refractivity contribution in [1.29, 1.82) is 0 Å². The van der Waals surface area contributed by atoms with Gasteiger partial charge < -0.3 is 15.2 Å². The molecule has 0 spiro atoms. The Morgan fingerprint density at radius 3 is 2.06 bits per heavy atom. The molecule has 0 aromatic heterocycles. The Kier molecular flexibility index (Phi) is 6.34. The molecule has 1 amide bonds. The van der Waals surface area contributed by atoms with Gasteiger partial charge in [-0.25, -0.2) is 0 Å². The van der Waals surface area contributed by atoms with Crippen molar-refractivity contribution in [3.8, 4) is 11.5 Å². The highest BCUT2D eigenvalue weighted by Gasteiger charge is 2.05. The Bertz CT molecular complexity index is 337. The van der Waals surface area contributed by atoms with Crippen LogP contribution >= 0.6 is 11.6 Å². The number of hydrogen-bond donors (Lipinski definition) is 1. The van der Waals surface area contributed by atoms with Crippen molar-refractivity contribution in [2.45, 2.75) is 13.8 Å². The number of primary amides is 1. The number of hydrogen-bond acceptors (Lipinski definition) is 3. The summed E-state index contributed by atoms with van der Waals surface area (Å²) >= 11 is 5.88.